The van der Waals surface area contributed by atoms with E-state index in [-0.39, 0.29) is 31.1 Å². The van der Waals surface area contributed by atoms with Gasteiger partial charge in [0.2, 0.25) is 0 Å². The highest BCUT2D eigenvalue weighted by atomic mass is 16.6. The molecule has 0 aliphatic heterocycles. The molecule has 0 aliphatic carbocycles. The van der Waals surface area contributed by atoms with E-state index in [2.05, 4.69) is 142 Å². The van der Waals surface area contributed by atoms with Crippen LogP contribution in [0.2, 0.25) is 0 Å². The van der Waals surface area contributed by atoms with Crippen LogP contribution in [-0.4, -0.2) is 37.2 Å². The first kappa shape index (κ1) is 76.8. The Bertz CT molecular complexity index is 1670. The molecular weight excluding hydrogens is 997 g/mol. The number of esters is 3. The predicted octanol–water partition coefficient (Wildman–Crippen LogP) is 23.6. The van der Waals surface area contributed by atoms with E-state index in [1.807, 2.05) is 0 Å². The smallest absolute Gasteiger partial charge is 0.306 e. The average Bonchev–Trinajstić information content (AvgIpc) is 3.47. The maximum Gasteiger partial charge on any atom is 0.306 e. The molecule has 0 saturated carbocycles. The molecule has 0 amide bonds. The molecule has 1 atom stereocenters. The van der Waals surface area contributed by atoms with E-state index in [1.165, 1.54) is 141 Å². The van der Waals surface area contributed by atoms with Gasteiger partial charge in [-0.05, 0) is 135 Å². The summed E-state index contributed by atoms with van der Waals surface area (Å²) in [6.45, 7) is 6.49. The molecule has 0 radical (unpaired) electrons. The zero-order chi connectivity index (χ0) is 58.5. The monoisotopic (exact) mass is 1120 g/mol. The lowest BCUT2D eigenvalue weighted by Crippen LogP contribution is -2.30. The van der Waals surface area contributed by atoms with Gasteiger partial charge in [0.05, 0.1) is 0 Å². The van der Waals surface area contributed by atoms with Crippen molar-refractivity contribution in [3.05, 3.63) is 122 Å². The fraction of sp³-hybridized carbons (Fsp3) is 0.693. The van der Waals surface area contributed by atoms with E-state index in [0.717, 1.165) is 135 Å². The van der Waals surface area contributed by atoms with Crippen molar-refractivity contribution in [1.29, 1.82) is 0 Å². The highest BCUT2D eigenvalue weighted by molar-refractivity contribution is 5.71. The van der Waals surface area contributed by atoms with E-state index >= 15 is 0 Å². The van der Waals surface area contributed by atoms with E-state index < -0.39 is 6.10 Å². The minimum atomic E-state index is -0.797. The first-order chi connectivity index (χ1) is 40.0. The highest BCUT2D eigenvalue weighted by Gasteiger charge is 2.19. The molecule has 0 aliphatic rings. The average molecular weight is 1120 g/mol. The molecule has 6 nitrogen and oxygen atoms in total. The van der Waals surface area contributed by atoms with Crippen molar-refractivity contribution in [2.75, 3.05) is 13.2 Å². The Morgan fingerprint density at radius 3 is 0.778 bits per heavy atom. The van der Waals surface area contributed by atoms with Gasteiger partial charge < -0.3 is 14.2 Å². The third-order valence-electron chi connectivity index (χ3n) is 14.4. The Balaban J connectivity index is 4.40. The lowest BCUT2D eigenvalue weighted by Gasteiger charge is -2.18. The van der Waals surface area contributed by atoms with Crippen LogP contribution >= 0.6 is 0 Å². The van der Waals surface area contributed by atoms with Crippen LogP contribution in [0.4, 0.5) is 0 Å². The number of carbonyl (C=O) groups excluding carboxylic acids is 3. The van der Waals surface area contributed by atoms with Crippen LogP contribution in [0.3, 0.4) is 0 Å². The molecule has 81 heavy (non-hydrogen) atoms. The van der Waals surface area contributed by atoms with Crippen molar-refractivity contribution >= 4 is 17.9 Å². The van der Waals surface area contributed by atoms with E-state index in [0.29, 0.717) is 19.3 Å². The van der Waals surface area contributed by atoms with Gasteiger partial charge in [-0.3, -0.25) is 14.4 Å². The molecule has 1 unspecified atom stereocenters. The van der Waals surface area contributed by atoms with Gasteiger partial charge >= 0.3 is 17.9 Å². The van der Waals surface area contributed by atoms with Crippen LogP contribution in [0, 0.1) is 0 Å². The second-order valence-electron chi connectivity index (χ2n) is 22.3. The molecule has 0 fully saturated rings. The van der Waals surface area contributed by atoms with Crippen molar-refractivity contribution in [1.82, 2.24) is 0 Å². The van der Waals surface area contributed by atoms with E-state index in [1.54, 1.807) is 0 Å². The Morgan fingerprint density at radius 2 is 0.481 bits per heavy atom. The number of rotatable bonds is 61. The maximum absolute atomic E-state index is 12.9. The SMILES string of the molecule is CC/C=C\C/C=C\C/C=C\C/C=C\C/C=C\CCCCCCCCCC(=O)OC(COC(=O)CCCCCCC/C=C\C/C=C\CCCCC)COC(=O)CCCCCCCCCCCC/C=C\C/C=C\C/C=C\CCCCCCC. The van der Waals surface area contributed by atoms with E-state index in [4.69, 9.17) is 14.2 Å². The van der Waals surface area contributed by atoms with Gasteiger partial charge in [-0.15, -0.1) is 0 Å². The van der Waals surface area contributed by atoms with Gasteiger partial charge in [-0.25, -0.2) is 0 Å². The van der Waals surface area contributed by atoms with Crippen LogP contribution in [0.1, 0.15) is 316 Å². The van der Waals surface area contributed by atoms with Gasteiger partial charge in [0.15, 0.2) is 6.10 Å². The molecule has 0 saturated heterocycles. The summed E-state index contributed by atoms with van der Waals surface area (Å²) in [6, 6.07) is 0. The second kappa shape index (κ2) is 68.3. The standard InChI is InChI=1S/C75H126O6/c1-4-7-10-13-16-19-22-25-28-30-32-34-36-37-39-40-42-44-47-50-53-56-59-62-65-68-74(77)80-71-72(70-79-73(76)67-64-61-58-55-52-49-46-27-24-21-18-15-12-9-6-3)81-75(78)69-66-63-60-57-54-51-48-45-43-41-38-35-33-31-29-26-23-20-17-14-11-8-5-2/h8,11,17-18,20-22,25-27,29-30,32-33,35-37,41,43,46,72H,4-7,9-10,12-16,19,23-24,28,31,34,38-40,42,44-45,47-71H2,1-3H3/b11-8-,20-17-,21-18-,25-22-,29-26-,32-30-,35-33-,37-36-,43-41-,46-27-. The third-order valence-corrected chi connectivity index (χ3v) is 14.4. The molecule has 0 aromatic rings. The lowest BCUT2D eigenvalue weighted by atomic mass is 10.1. The summed E-state index contributed by atoms with van der Waals surface area (Å²) in [5.41, 5.74) is 0. The fourth-order valence-corrected chi connectivity index (χ4v) is 9.33. The summed E-state index contributed by atoms with van der Waals surface area (Å²) in [6.07, 6.45) is 94.9. The number of unbranched alkanes of at least 4 members (excludes halogenated alkanes) is 30. The number of ether oxygens (including phenoxy) is 3. The summed E-state index contributed by atoms with van der Waals surface area (Å²) in [7, 11) is 0. The fourth-order valence-electron chi connectivity index (χ4n) is 9.33. The minimum Gasteiger partial charge on any atom is -0.462 e. The molecule has 0 bridgehead atoms. The van der Waals surface area contributed by atoms with Crippen molar-refractivity contribution in [3.63, 3.8) is 0 Å². The third kappa shape index (κ3) is 66.5. The zero-order valence-corrected chi connectivity index (χ0v) is 53.0. The lowest BCUT2D eigenvalue weighted by molar-refractivity contribution is -0.167. The Labute approximate surface area is 501 Å². The maximum atomic E-state index is 12.9. The van der Waals surface area contributed by atoms with Crippen molar-refractivity contribution in [3.8, 4) is 0 Å². The van der Waals surface area contributed by atoms with E-state index in [9.17, 15) is 14.4 Å². The molecule has 0 aromatic carbocycles. The molecule has 0 N–H and O–H groups in total. The Morgan fingerprint density at radius 1 is 0.259 bits per heavy atom. The van der Waals surface area contributed by atoms with Crippen LogP contribution in [0.25, 0.3) is 0 Å². The summed E-state index contributed by atoms with van der Waals surface area (Å²) in [5.74, 6) is -0.912. The topological polar surface area (TPSA) is 78.9 Å². The molecule has 0 spiro atoms. The Hall–Kier alpha value is -4.19. The van der Waals surface area contributed by atoms with Gasteiger partial charge in [0, 0.05) is 19.3 Å². The van der Waals surface area contributed by atoms with Crippen LogP contribution in [0.15, 0.2) is 122 Å². The minimum absolute atomic E-state index is 0.0910. The number of carbonyl (C=O) groups is 3. The van der Waals surface area contributed by atoms with Crippen LogP contribution in [0.5, 0.6) is 0 Å². The molecule has 462 valence electrons. The highest BCUT2D eigenvalue weighted by Crippen LogP contribution is 2.16. The molecule has 0 heterocycles. The van der Waals surface area contributed by atoms with Gasteiger partial charge in [-0.2, -0.15) is 0 Å². The van der Waals surface area contributed by atoms with Gasteiger partial charge in [0.25, 0.3) is 0 Å². The summed E-state index contributed by atoms with van der Waals surface area (Å²) >= 11 is 0. The van der Waals surface area contributed by atoms with Crippen molar-refractivity contribution in [2.24, 2.45) is 0 Å². The molecule has 0 aromatic heterocycles. The first-order valence-electron chi connectivity index (χ1n) is 34.0. The van der Waals surface area contributed by atoms with Crippen LogP contribution < -0.4 is 0 Å². The summed E-state index contributed by atoms with van der Waals surface area (Å²) in [4.78, 5) is 38.4. The second-order valence-corrected chi connectivity index (χ2v) is 22.3. The number of allylic oxidation sites excluding steroid dienone is 20. The van der Waals surface area contributed by atoms with Crippen molar-refractivity contribution in [2.45, 2.75) is 322 Å². The molecule has 6 heteroatoms. The zero-order valence-electron chi connectivity index (χ0n) is 53.0. The van der Waals surface area contributed by atoms with Gasteiger partial charge in [0.1, 0.15) is 13.2 Å². The number of hydrogen-bond donors (Lipinski definition) is 0. The Kier molecular flexibility index (Phi) is 64.8. The normalized spacial score (nSPS) is 12.9. The van der Waals surface area contributed by atoms with Crippen LogP contribution in [-0.2, 0) is 28.6 Å². The number of hydrogen-bond acceptors (Lipinski definition) is 6. The van der Waals surface area contributed by atoms with Gasteiger partial charge in [-0.1, -0.05) is 284 Å². The molecule has 0 rings (SSSR count). The first-order valence-corrected chi connectivity index (χ1v) is 34.0. The van der Waals surface area contributed by atoms with Crippen molar-refractivity contribution < 1.29 is 28.6 Å². The predicted molar refractivity (Wildman–Crippen MR) is 353 cm³/mol. The molecular formula is C75H126O6. The quantitative estimate of drug-likeness (QED) is 0.0261. The largest absolute Gasteiger partial charge is 0.462 e. The summed E-state index contributed by atoms with van der Waals surface area (Å²) in [5, 5.41) is 0. The summed E-state index contributed by atoms with van der Waals surface area (Å²) < 4.78 is 17.0.